The molecule has 0 spiro atoms. The van der Waals surface area contributed by atoms with Gasteiger partial charge in [0.2, 0.25) is 0 Å². The van der Waals surface area contributed by atoms with Crippen LogP contribution in [0.3, 0.4) is 0 Å². The number of carbonyl (C=O) groups excluding carboxylic acids is 1. The summed E-state index contributed by atoms with van der Waals surface area (Å²) in [4.78, 5) is 15.1. The van der Waals surface area contributed by atoms with Crippen LogP contribution in [0.15, 0.2) is 71.1 Å². The van der Waals surface area contributed by atoms with Gasteiger partial charge in [0.25, 0.3) is 5.91 Å². The maximum atomic E-state index is 12.7. The summed E-state index contributed by atoms with van der Waals surface area (Å²) in [5, 5.41) is 3.04. The van der Waals surface area contributed by atoms with E-state index in [4.69, 9.17) is 13.9 Å². The Kier molecular flexibility index (Phi) is 8.75. The second-order valence-corrected chi connectivity index (χ2v) is 7.48. The minimum Gasteiger partial charge on any atom is -0.493 e. The molecule has 0 saturated carbocycles. The van der Waals surface area contributed by atoms with Crippen molar-refractivity contribution in [2.45, 2.75) is 32.9 Å². The number of ether oxygens (including phenoxy) is 2. The maximum Gasteiger partial charge on any atom is 0.287 e. The molecule has 3 aromatic rings. The maximum absolute atomic E-state index is 12.7. The Balaban J connectivity index is 1.57. The van der Waals surface area contributed by atoms with Gasteiger partial charge < -0.3 is 19.2 Å². The van der Waals surface area contributed by atoms with Crippen molar-refractivity contribution < 1.29 is 18.7 Å². The molecule has 1 aromatic heterocycles. The number of amides is 1. The molecule has 0 bridgehead atoms. The zero-order valence-corrected chi connectivity index (χ0v) is 19.0. The molecule has 3 rings (SSSR count). The van der Waals surface area contributed by atoms with E-state index in [-0.39, 0.29) is 24.3 Å². The number of nitrogens with one attached hydrogen (secondary N) is 1. The number of para-hydroxylation sites is 2. The number of nitrogens with zero attached hydrogens (tertiary/aromatic N) is 1. The topological polar surface area (TPSA) is 63.9 Å². The fourth-order valence-corrected chi connectivity index (χ4v) is 3.72. The molecular weight excluding hydrogens is 404 g/mol. The van der Waals surface area contributed by atoms with Gasteiger partial charge in [0.15, 0.2) is 17.3 Å². The van der Waals surface area contributed by atoms with E-state index in [9.17, 15) is 4.79 Å². The van der Waals surface area contributed by atoms with Crippen molar-refractivity contribution in [3.8, 4) is 11.5 Å². The number of furan rings is 1. The summed E-state index contributed by atoms with van der Waals surface area (Å²) in [6, 6.07) is 21.4. The van der Waals surface area contributed by atoms with E-state index in [0.29, 0.717) is 23.8 Å². The first-order valence-electron chi connectivity index (χ1n) is 11.0. The van der Waals surface area contributed by atoms with Gasteiger partial charge in [-0.05, 0) is 49.3 Å². The Morgan fingerprint density at radius 2 is 1.66 bits per heavy atom. The van der Waals surface area contributed by atoms with Crippen LogP contribution in [0.4, 0.5) is 0 Å². The predicted molar refractivity (Wildman–Crippen MR) is 125 cm³/mol. The Morgan fingerprint density at radius 1 is 0.969 bits per heavy atom. The van der Waals surface area contributed by atoms with Crippen LogP contribution < -0.4 is 14.8 Å². The van der Waals surface area contributed by atoms with Crippen molar-refractivity contribution >= 4 is 5.91 Å². The average Bonchev–Trinajstić information content (AvgIpc) is 3.31. The Bertz CT molecular complexity index is 967. The number of benzene rings is 2. The monoisotopic (exact) mass is 436 g/mol. The van der Waals surface area contributed by atoms with Gasteiger partial charge in [-0.1, -0.05) is 56.3 Å². The lowest BCUT2D eigenvalue weighted by molar-refractivity contribution is 0.0903. The van der Waals surface area contributed by atoms with Crippen LogP contribution in [0, 0.1) is 0 Å². The van der Waals surface area contributed by atoms with Crippen LogP contribution in [0.1, 0.15) is 35.7 Å². The summed E-state index contributed by atoms with van der Waals surface area (Å²) in [7, 11) is 1.60. The third kappa shape index (κ3) is 6.37. The lowest BCUT2D eigenvalue weighted by atomic mass is 10.0. The zero-order chi connectivity index (χ0) is 22.8. The molecule has 32 heavy (non-hydrogen) atoms. The lowest BCUT2D eigenvalue weighted by Crippen LogP contribution is -2.45. The van der Waals surface area contributed by atoms with Crippen molar-refractivity contribution in [3.05, 3.63) is 83.8 Å². The molecule has 1 atom stereocenters. The molecule has 1 heterocycles. The molecule has 1 amide bonds. The number of hydrogen-bond acceptors (Lipinski definition) is 5. The first-order valence-corrected chi connectivity index (χ1v) is 11.0. The molecule has 0 radical (unpaired) electrons. The summed E-state index contributed by atoms with van der Waals surface area (Å²) < 4.78 is 16.8. The summed E-state index contributed by atoms with van der Waals surface area (Å²) >= 11 is 0. The third-order valence-corrected chi connectivity index (χ3v) is 5.47. The predicted octanol–water partition coefficient (Wildman–Crippen LogP) is 4.55. The van der Waals surface area contributed by atoms with E-state index < -0.39 is 0 Å². The highest BCUT2D eigenvalue weighted by molar-refractivity contribution is 5.91. The van der Waals surface area contributed by atoms with Crippen LogP contribution >= 0.6 is 0 Å². The third-order valence-electron chi connectivity index (χ3n) is 5.47. The second-order valence-electron chi connectivity index (χ2n) is 7.48. The molecule has 0 fully saturated rings. The Hall–Kier alpha value is -3.25. The first kappa shape index (κ1) is 23.4. The molecule has 0 aliphatic carbocycles. The molecule has 0 aliphatic rings. The molecule has 6 heteroatoms. The molecule has 0 aliphatic heterocycles. The summed E-state index contributed by atoms with van der Waals surface area (Å²) in [6.07, 6.45) is 0.874. The highest BCUT2D eigenvalue weighted by Gasteiger charge is 2.19. The van der Waals surface area contributed by atoms with E-state index in [0.717, 1.165) is 19.5 Å². The van der Waals surface area contributed by atoms with Gasteiger partial charge in [-0.2, -0.15) is 0 Å². The Labute approximate surface area is 190 Å². The van der Waals surface area contributed by atoms with Crippen LogP contribution in [-0.4, -0.2) is 43.6 Å². The molecule has 170 valence electrons. The molecular formula is C26H32N2O4. The van der Waals surface area contributed by atoms with Crippen molar-refractivity contribution in [1.29, 1.82) is 0 Å². The minimum atomic E-state index is -0.223. The van der Waals surface area contributed by atoms with Crippen molar-refractivity contribution in [2.75, 3.05) is 26.7 Å². The van der Waals surface area contributed by atoms with Crippen molar-refractivity contribution in [1.82, 2.24) is 10.2 Å². The van der Waals surface area contributed by atoms with E-state index >= 15 is 0 Å². The fraction of sp³-hybridized carbons (Fsp3) is 0.346. The van der Waals surface area contributed by atoms with Gasteiger partial charge in [0.1, 0.15) is 12.4 Å². The van der Waals surface area contributed by atoms with E-state index in [1.54, 1.807) is 19.2 Å². The lowest BCUT2D eigenvalue weighted by Gasteiger charge is -2.30. The Morgan fingerprint density at radius 3 is 2.34 bits per heavy atom. The van der Waals surface area contributed by atoms with Crippen LogP contribution in [-0.2, 0) is 13.0 Å². The van der Waals surface area contributed by atoms with Crippen LogP contribution in [0.5, 0.6) is 11.5 Å². The standard InChI is InChI=1S/C26H32N2O4/c1-4-28(5-2)21(17-20-11-7-6-8-12-20)18-27-26(29)25-16-15-22(32-25)19-31-24-14-10-9-13-23(24)30-3/h6-16,21H,4-5,17-19H2,1-3H3,(H,27,29). The molecule has 0 saturated heterocycles. The molecule has 1 unspecified atom stereocenters. The van der Waals surface area contributed by atoms with Crippen molar-refractivity contribution in [3.63, 3.8) is 0 Å². The SMILES string of the molecule is CCN(CC)C(CNC(=O)c1ccc(COc2ccccc2OC)o1)Cc1ccccc1. The van der Waals surface area contributed by atoms with Gasteiger partial charge in [-0.3, -0.25) is 9.69 Å². The second kappa shape index (κ2) is 12.0. The fourth-order valence-electron chi connectivity index (χ4n) is 3.72. The molecule has 2 aromatic carbocycles. The van der Waals surface area contributed by atoms with Gasteiger partial charge in [0.05, 0.1) is 7.11 Å². The van der Waals surface area contributed by atoms with Crippen LogP contribution in [0.2, 0.25) is 0 Å². The molecule has 6 nitrogen and oxygen atoms in total. The van der Waals surface area contributed by atoms with Gasteiger partial charge in [-0.25, -0.2) is 0 Å². The normalized spacial score (nSPS) is 11.9. The van der Waals surface area contributed by atoms with Crippen molar-refractivity contribution in [2.24, 2.45) is 0 Å². The van der Waals surface area contributed by atoms with Gasteiger partial charge >= 0.3 is 0 Å². The highest BCUT2D eigenvalue weighted by Crippen LogP contribution is 2.26. The van der Waals surface area contributed by atoms with E-state index in [2.05, 4.69) is 36.2 Å². The summed E-state index contributed by atoms with van der Waals surface area (Å²) in [5.74, 6) is 1.91. The minimum absolute atomic E-state index is 0.208. The summed E-state index contributed by atoms with van der Waals surface area (Å²) in [5.41, 5.74) is 1.26. The van der Waals surface area contributed by atoms with E-state index in [1.165, 1.54) is 5.56 Å². The zero-order valence-electron chi connectivity index (χ0n) is 19.0. The smallest absolute Gasteiger partial charge is 0.287 e. The van der Waals surface area contributed by atoms with Crippen LogP contribution in [0.25, 0.3) is 0 Å². The number of methoxy groups -OCH3 is 1. The number of carbonyl (C=O) groups is 1. The largest absolute Gasteiger partial charge is 0.493 e. The first-order chi connectivity index (χ1) is 15.6. The van der Waals surface area contributed by atoms with Gasteiger partial charge in [-0.15, -0.1) is 0 Å². The average molecular weight is 437 g/mol. The molecule has 1 N–H and O–H groups in total. The number of rotatable bonds is 12. The quantitative estimate of drug-likeness (QED) is 0.451. The number of hydrogen-bond donors (Lipinski definition) is 1. The van der Waals surface area contributed by atoms with E-state index in [1.807, 2.05) is 42.5 Å². The van der Waals surface area contributed by atoms with Gasteiger partial charge in [0, 0.05) is 12.6 Å². The highest BCUT2D eigenvalue weighted by atomic mass is 16.5. The summed E-state index contributed by atoms with van der Waals surface area (Å²) in [6.45, 7) is 6.89. The number of likely N-dealkylation sites (N-methyl/N-ethyl adjacent to an activating group) is 1.